The number of carbonyl (C=O) groups excluding carboxylic acids is 3. The van der Waals surface area contributed by atoms with Gasteiger partial charge in [-0.3, -0.25) is 14.4 Å². The third-order valence-electron chi connectivity index (χ3n) is 14.1. The minimum Gasteiger partial charge on any atom is -0.479 e. The van der Waals surface area contributed by atoms with Gasteiger partial charge in [0.15, 0.2) is 24.6 Å². The van der Waals surface area contributed by atoms with Gasteiger partial charge in [0.25, 0.3) is 0 Å². The summed E-state index contributed by atoms with van der Waals surface area (Å²) >= 11 is 0. The van der Waals surface area contributed by atoms with E-state index in [9.17, 15) is 34.5 Å². The third-order valence-corrected chi connectivity index (χ3v) is 14.1. The van der Waals surface area contributed by atoms with Crippen LogP contribution in [0.5, 0.6) is 0 Å². The van der Waals surface area contributed by atoms with E-state index >= 15 is 0 Å². The van der Waals surface area contributed by atoms with Crippen LogP contribution in [0.3, 0.4) is 0 Å². The molecule has 0 radical (unpaired) electrons. The Morgan fingerprint density at radius 1 is 0.420 bits per heavy atom. The molecule has 1 aliphatic heterocycles. The molecule has 0 aromatic heterocycles. The van der Waals surface area contributed by atoms with Gasteiger partial charge in [-0.2, -0.15) is 0 Å². The molecule has 0 aliphatic carbocycles. The second kappa shape index (κ2) is 56.1. The van der Waals surface area contributed by atoms with Crippen LogP contribution in [0.25, 0.3) is 0 Å². The Morgan fingerprint density at radius 2 is 0.802 bits per heavy atom. The molecule has 1 fully saturated rings. The smallest absolute Gasteiger partial charge is 0.335 e. The number of unbranched alkanes of at least 4 members (excludes halogenated alkanes) is 24. The lowest BCUT2D eigenvalue weighted by Gasteiger charge is -2.40. The number of carboxylic acids is 1. The number of allylic oxidation sites excluding steroid dienone is 16. The van der Waals surface area contributed by atoms with Crippen molar-refractivity contribution in [3.63, 3.8) is 0 Å². The number of rotatable bonds is 54. The van der Waals surface area contributed by atoms with Gasteiger partial charge in [-0.05, 0) is 116 Å². The minimum absolute atomic E-state index is 0.0159. The van der Waals surface area contributed by atoms with Gasteiger partial charge in [0.05, 0.1) is 6.61 Å². The zero-order chi connectivity index (χ0) is 58.9. The summed E-state index contributed by atoms with van der Waals surface area (Å²) in [5.74, 6) is -3.18. The molecule has 462 valence electrons. The van der Waals surface area contributed by atoms with Crippen molar-refractivity contribution < 1.29 is 58.2 Å². The predicted molar refractivity (Wildman–Crippen MR) is 331 cm³/mol. The van der Waals surface area contributed by atoms with E-state index in [2.05, 4.69) is 118 Å². The molecule has 1 aliphatic rings. The summed E-state index contributed by atoms with van der Waals surface area (Å²) < 4.78 is 28.5. The number of ether oxygens (including phenoxy) is 5. The van der Waals surface area contributed by atoms with E-state index < -0.39 is 67.3 Å². The third kappa shape index (κ3) is 45.8. The minimum atomic E-state index is -1.92. The number of hydrogen-bond acceptors (Lipinski definition) is 11. The normalized spacial score (nSPS) is 18.4. The standard InChI is InChI=1S/C69H114O12/c1-4-7-10-13-16-19-22-25-27-29-31-33-35-38-40-43-46-49-52-55-61(70)77-58-60(79-62(71)56-53-50-47-44-41-37-24-21-18-15-12-9-6-3)59-78-69-67(65(74)64(73)66(81-69)68(75)76)80-63(72)57-54-51-48-45-42-39-36-34-32-30-28-26-23-20-17-14-11-8-5-2/h8,11-12,15,17,20-21,24-28,32,34,39,42,60,64-67,69,73-74H,4-7,9-10,13-14,16,18-19,22-23,29-31,33,35-38,40-41,43-59H2,1-3H3,(H,75,76)/b11-8-,15-12-,20-17-,24-21-,27-25-,28-26-,34-32-,42-39-. The summed E-state index contributed by atoms with van der Waals surface area (Å²) in [6.07, 6.45) is 62.2. The Labute approximate surface area is 492 Å². The highest BCUT2D eigenvalue weighted by Gasteiger charge is 2.50. The number of aliphatic hydroxyl groups excluding tert-OH is 2. The summed E-state index contributed by atoms with van der Waals surface area (Å²) in [6, 6.07) is 0. The van der Waals surface area contributed by atoms with Crippen LogP contribution in [0.4, 0.5) is 0 Å². The van der Waals surface area contributed by atoms with Gasteiger partial charge in [0.2, 0.25) is 0 Å². The first-order valence-corrected chi connectivity index (χ1v) is 32.2. The van der Waals surface area contributed by atoms with Gasteiger partial charge in [0.1, 0.15) is 18.8 Å². The summed E-state index contributed by atoms with van der Waals surface area (Å²) in [5, 5.41) is 31.6. The van der Waals surface area contributed by atoms with Crippen LogP contribution >= 0.6 is 0 Å². The van der Waals surface area contributed by atoms with Crippen LogP contribution in [-0.2, 0) is 42.9 Å². The van der Waals surface area contributed by atoms with Crippen LogP contribution in [0.15, 0.2) is 97.2 Å². The van der Waals surface area contributed by atoms with Crippen LogP contribution in [0.1, 0.15) is 265 Å². The predicted octanol–water partition coefficient (Wildman–Crippen LogP) is 17.2. The SMILES string of the molecule is CC/C=C\C/C=C\C/C=C\C/C=C\C/C=C\CCCCCC(=O)OC1C(OCC(COC(=O)CCCCCCCCCCC/C=C\CCCCCCCC)OC(=O)CCCCCCC/C=C\C/C=C\CCC)OC(C(=O)O)C(O)C1O. The van der Waals surface area contributed by atoms with E-state index in [4.69, 9.17) is 23.7 Å². The van der Waals surface area contributed by atoms with Crippen molar-refractivity contribution in [1.82, 2.24) is 0 Å². The molecular weight excluding hydrogens is 1020 g/mol. The molecule has 0 saturated carbocycles. The van der Waals surface area contributed by atoms with Crippen molar-refractivity contribution in [2.24, 2.45) is 0 Å². The summed E-state index contributed by atoms with van der Waals surface area (Å²) in [5.41, 5.74) is 0. The Balaban J connectivity index is 2.67. The molecule has 0 spiro atoms. The lowest BCUT2D eigenvalue weighted by Crippen LogP contribution is -2.61. The molecule has 0 amide bonds. The number of carbonyl (C=O) groups is 4. The number of aliphatic carboxylic acids is 1. The van der Waals surface area contributed by atoms with Crippen molar-refractivity contribution >= 4 is 23.9 Å². The first-order chi connectivity index (χ1) is 39.6. The fourth-order valence-electron chi connectivity index (χ4n) is 9.19. The summed E-state index contributed by atoms with van der Waals surface area (Å²) in [6.45, 7) is 5.80. The maximum atomic E-state index is 13.2. The van der Waals surface area contributed by atoms with Crippen LogP contribution in [-0.4, -0.2) is 89.2 Å². The average Bonchev–Trinajstić information content (AvgIpc) is 3.54. The molecule has 6 unspecified atom stereocenters. The highest BCUT2D eigenvalue weighted by Crippen LogP contribution is 2.26. The lowest BCUT2D eigenvalue weighted by atomic mass is 9.98. The second-order valence-corrected chi connectivity index (χ2v) is 21.7. The van der Waals surface area contributed by atoms with Crippen LogP contribution < -0.4 is 0 Å². The number of hydrogen-bond donors (Lipinski definition) is 3. The Morgan fingerprint density at radius 3 is 1.26 bits per heavy atom. The van der Waals surface area contributed by atoms with E-state index in [-0.39, 0.29) is 25.9 Å². The van der Waals surface area contributed by atoms with Crippen molar-refractivity contribution in [3.05, 3.63) is 97.2 Å². The highest BCUT2D eigenvalue weighted by molar-refractivity contribution is 5.74. The molecule has 1 rings (SSSR count). The van der Waals surface area contributed by atoms with Crippen molar-refractivity contribution in [3.8, 4) is 0 Å². The summed E-state index contributed by atoms with van der Waals surface area (Å²) in [4.78, 5) is 51.3. The quantitative estimate of drug-likeness (QED) is 0.0228. The van der Waals surface area contributed by atoms with E-state index in [1.165, 1.54) is 83.5 Å². The fraction of sp³-hybridized carbons (Fsp3) is 0.710. The Hall–Kier alpha value is -4.36. The average molecular weight is 1140 g/mol. The van der Waals surface area contributed by atoms with E-state index in [0.717, 1.165) is 122 Å². The van der Waals surface area contributed by atoms with Gasteiger partial charge in [-0.1, -0.05) is 227 Å². The van der Waals surface area contributed by atoms with Crippen molar-refractivity contribution in [1.29, 1.82) is 0 Å². The first-order valence-electron chi connectivity index (χ1n) is 32.2. The molecule has 12 nitrogen and oxygen atoms in total. The van der Waals surface area contributed by atoms with Crippen LogP contribution in [0.2, 0.25) is 0 Å². The second-order valence-electron chi connectivity index (χ2n) is 21.7. The molecule has 1 saturated heterocycles. The maximum absolute atomic E-state index is 13.2. The Bertz CT molecular complexity index is 1780. The van der Waals surface area contributed by atoms with E-state index in [0.29, 0.717) is 19.3 Å². The molecule has 12 heteroatoms. The zero-order valence-electron chi connectivity index (χ0n) is 51.0. The molecule has 3 N–H and O–H groups in total. The van der Waals surface area contributed by atoms with Crippen molar-refractivity contribution in [2.75, 3.05) is 13.2 Å². The lowest BCUT2D eigenvalue weighted by molar-refractivity contribution is -0.301. The molecular formula is C69H114O12. The fourth-order valence-corrected chi connectivity index (χ4v) is 9.19. The van der Waals surface area contributed by atoms with E-state index in [1.807, 2.05) is 0 Å². The molecule has 1 heterocycles. The molecule has 0 aromatic carbocycles. The first kappa shape index (κ1) is 74.7. The van der Waals surface area contributed by atoms with Gasteiger partial charge in [-0.15, -0.1) is 0 Å². The van der Waals surface area contributed by atoms with Gasteiger partial charge in [0, 0.05) is 19.3 Å². The van der Waals surface area contributed by atoms with Crippen LogP contribution in [0, 0.1) is 0 Å². The largest absolute Gasteiger partial charge is 0.479 e. The molecule has 81 heavy (non-hydrogen) atoms. The Kier molecular flexibility index (Phi) is 51.7. The zero-order valence-corrected chi connectivity index (χ0v) is 51.0. The molecule has 0 bridgehead atoms. The number of carboxylic acid groups (broad SMARTS) is 1. The number of esters is 3. The summed E-state index contributed by atoms with van der Waals surface area (Å²) in [7, 11) is 0. The topological polar surface area (TPSA) is 175 Å². The monoisotopic (exact) mass is 1130 g/mol. The highest BCUT2D eigenvalue weighted by atomic mass is 16.7. The molecule has 0 aromatic rings. The van der Waals surface area contributed by atoms with Gasteiger partial charge < -0.3 is 39.0 Å². The van der Waals surface area contributed by atoms with E-state index in [1.54, 1.807) is 0 Å². The maximum Gasteiger partial charge on any atom is 0.335 e. The molecule has 6 atom stereocenters. The van der Waals surface area contributed by atoms with Gasteiger partial charge in [-0.25, -0.2) is 4.79 Å². The van der Waals surface area contributed by atoms with Gasteiger partial charge >= 0.3 is 23.9 Å². The van der Waals surface area contributed by atoms with Crippen molar-refractivity contribution in [2.45, 2.75) is 302 Å². The number of aliphatic hydroxyl groups is 2.